The van der Waals surface area contributed by atoms with E-state index in [0.29, 0.717) is 18.8 Å². The number of amides is 1. The molecule has 31 heavy (non-hydrogen) atoms. The molecule has 1 amide bonds. The minimum absolute atomic E-state index is 0.0885. The first-order chi connectivity index (χ1) is 14.6. The lowest BCUT2D eigenvalue weighted by Gasteiger charge is -2.18. The number of carbonyl (C=O) groups is 2. The Balaban J connectivity index is 1.98. The second kappa shape index (κ2) is 10.00. The Morgan fingerprint density at radius 2 is 1.74 bits per heavy atom. The van der Waals surface area contributed by atoms with Crippen molar-refractivity contribution in [2.24, 2.45) is 0 Å². The Kier molecular flexibility index (Phi) is 7.67. The molecule has 2 rings (SSSR count). The number of hydrogen-bond acceptors (Lipinski definition) is 8. The Morgan fingerprint density at radius 3 is 2.29 bits per heavy atom. The van der Waals surface area contributed by atoms with Crippen LogP contribution in [0.2, 0.25) is 0 Å². The van der Waals surface area contributed by atoms with E-state index in [1.807, 2.05) is 0 Å². The van der Waals surface area contributed by atoms with E-state index in [4.69, 9.17) is 10.5 Å². The Morgan fingerprint density at radius 1 is 1.13 bits per heavy atom. The van der Waals surface area contributed by atoms with E-state index >= 15 is 0 Å². The number of nitro groups is 1. The monoisotopic (exact) mass is 450 g/mol. The van der Waals surface area contributed by atoms with E-state index in [9.17, 15) is 28.1 Å². The van der Waals surface area contributed by atoms with Gasteiger partial charge in [0.25, 0.3) is 11.6 Å². The average Bonchev–Trinajstić information content (AvgIpc) is 2.73. The van der Waals surface area contributed by atoms with Crippen LogP contribution in [0.3, 0.4) is 0 Å². The smallest absolute Gasteiger partial charge is 0.338 e. The first-order valence-corrected chi connectivity index (χ1v) is 10.6. The molecule has 12 heteroatoms. The van der Waals surface area contributed by atoms with Gasteiger partial charge in [0, 0.05) is 24.8 Å². The maximum atomic E-state index is 12.5. The maximum absolute atomic E-state index is 12.5. The van der Waals surface area contributed by atoms with Gasteiger partial charge in [-0.15, -0.1) is 0 Å². The molecule has 0 aliphatic carbocycles. The predicted octanol–water partition coefficient (Wildman–Crippen LogP) is 2.00. The molecule has 0 saturated carbocycles. The van der Waals surface area contributed by atoms with Gasteiger partial charge >= 0.3 is 5.97 Å². The molecule has 0 fully saturated rings. The van der Waals surface area contributed by atoms with Gasteiger partial charge in [-0.25, -0.2) is 13.2 Å². The Labute approximate surface area is 179 Å². The number of esters is 1. The molecule has 11 nitrogen and oxygen atoms in total. The maximum Gasteiger partial charge on any atom is 0.338 e. The molecule has 0 aromatic heterocycles. The van der Waals surface area contributed by atoms with Gasteiger partial charge in [-0.05, 0) is 36.4 Å². The van der Waals surface area contributed by atoms with Crippen LogP contribution < -0.4 is 11.1 Å². The van der Waals surface area contributed by atoms with Gasteiger partial charge in [-0.3, -0.25) is 14.9 Å². The van der Waals surface area contributed by atoms with Crippen molar-refractivity contribution in [3.8, 4) is 0 Å². The van der Waals surface area contributed by atoms with E-state index in [1.54, 1.807) is 13.8 Å². The molecule has 0 unspecified atom stereocenters. The summed E-state index contributed by atoms with van der Waals surface area (Å²) in [4.78, 5) is 34.3. The van der Waals surface area contributed by atoms with Crippen LogP contribution in [-0.4, -0.2) is 49.2 Å². The predicted molar refractivity (Wildman–Crippen MR) is 113 cm³/mol. The van der Waals surface area contributed by atoms with Gasteiger partial charge < -0.3 is 15.8 Å². The first-order valence-electron chi connectivity index (χ1n) is 9.21. The van der Waals surface area contributed by atoms with E-state index in [1.165, 1.54) is 40.7 Å². The zero-order valence-electron chi connectivity index (χ0n) is 16.9. The highest BCUT2D eigenvalue weighted by Crippen LogP contribution is 2.23. The number of carbonyl (C=O) groups excluding carboxylic acids is 2. The van der Waals surface area contributed by atoms with Crippen LogP contribution in [0, 0.1) is 10.1 Å². The summed E-state index contributed by atoms with van der Waals surface area (Å²) in [6.07, 6.45) is 0. The largest absolute Gasteiger partial charge is 0.452 e. The van der Waals surface area contributed by atoms with Gasteiger partial charge in [-0.2, -0.15) is 4.31 Å². The van der Waals surface area contributed by atoms with E-state index in [-0.39, 0.29) is 16.1 Å². The Hall–Kier alpha value is -3.51. The van der Waals surface area contributed by atoms with Crippen LogP contribution >= 0.6 is 0 Å². The summed E-state index contributed by atoms with van der Waals surface area (Å²) in [5.74, 6) is -1.60. The number of nitrogens with two attached hydrogens (primary N) is 1. The number of rotatable bonds is 9. The van der Waals surface area contributed by atoms with Crippen molar-refractivity contribution in [3.63, 3.8) is 0 Å². The number of nitrogens with zero attached hydrogens (tertiary/aromatic N) is 2. The molecule has 0 atom stereocenters. The fraction of sp³-hybridized carbons (Fsp3) is 0.263. The molecule has 0 aliphatic rings. The van der Waals surface area contributed by atoms with Crippen LogP contribution in [0.1, 0.15) is 24.2 Å². The lowest BCUT2D eigenvalue weighted by molar-refractivity contribution is -0.383. The van der Waals surface area contributed by atoms with Crippen molar-refractivity contribution in [1.82, 2.24) is 4.31 Å². The molecule has 3 N–H and O–H groups in total. The van der Waals surface area contributed by atoms with Crippen molar-refractivity contribution >= 4 is 39.0 Å². The number of nitrogen functional groups attached to an aromatic ring is 1. The van der Waals surface area contributed by atoms with E-state index in [0.717, 1.165) is 6.07 Å². The van der Waals surface area contributed by atoms with Crippen molar-refractivity contribution in [2.75, 3.05) is 30.7 Å². The fourth-order valence-electron chi connectivity index (χ4n) is 2.66. The normalized spacial score (nSPS) is 11.2. The molecule has 2 aromatic rings. The number of hydrogen-bond donors (Lipinski definition) is 2. The number of nitrogens with one attached hydrogen (secondary N) is 1. The molecule has 0 saturated heterocycles. The van der Waals surface area contributed by atoms with Crippen LogP contribution in [0.15, 0.2) is 47.4 Å². The molecule has 166 valence electrons. The van der Waals surface area contributed by atoms with Crippen molar-refractivity contribution in [3.05, 3.63) is 58.1 Å². The highest BCUT2D eigenvalue weighted by molar-refractivity contribution is 7.89. The minimum Gasteiger partial charge on any atom is -0.452 e. The second-order valence-electron chi connectivity index (χ2n) is 6.27. The number of sulfonamides is 1. The minimum atomic E-state index is -3.62. The SMILES string of the molecule is CCN(CC)S(=O)(=O)c1ccc(NC(=O)COC(=O)c2ccc(N)c([N+](=O)[O-])c2)cc1. The van der Waals surface area contributed by atoms with Crippen LogP contribution in [0.4, 0.5) is 17.1 Å². The molecule has 0 spiro atoms. The highest BCUT2D eigenvalue weighted by Gasteiger charge is 2.21. The van der Waals surface area contributed by atoms with Crippen molar-refractivity contribution in [2.45, 2.75) is 18.7 Å². The Bertz CT molecular complexity index is 1080. The standard InChI is InChI=1S/C19H22N4O7S/c1-3-22(4-2)31(28,29)15-8-6-14(7-9-15)21-18(24)12-30-19(25)13-5-10-16(20)17(11-13)23(26)27/h5-11H,3-4,12,20H2,1-2H3,(H,21,24). The van der Waals surface area contributed by atoms with Crippen molar-refractivity contribution in [1.29, 1.82) is 0 Å². The average molecular weight is 450 g/mol. The number of ether oxygens (including phenoxy) is 1. The summed E-state index contributed by atoms with van der Waals surface area (Å²) in [5, 5.41) is 13.4. The number of benzene rings is 2. The van der Waals surface area contributed by atoms with Gasteiger partial charge in [0.1, 0.15) is 5.69 Å². The van der Waals surface area contributed by atoms with E-state index < -0.39 is 39.1 Å². The van der Waals surface area contributed by atoms with Gasteiger partial charge in [0.2, 0.25) is 10.0 Å². The number of nitro benzene ring substituents is 1. The highest BCUT2D eigenvalue weighted by atomic mass is 32.2. The molecular weight excluding hydrogens is 428 g/mol. The van der Waals surface area contributed by atoms with Gasteiger partial charge in [-0.1, -0.05) is 13.8 Å². The topological polar surface area (TPSA) is 162 Å². The molecule has 0 radical (unpaired) electrons. The molecule has 0 bridgehead atoms. The lowest BCUT2D eigenvalue weighted by atomic mass is 10.2. The van der Waals surface area contributed by atoms with E-state index in [2.05, 4.69) is 5.32 Å². The van der Waals surface area contributed by atoms with Gasteiger partial charge in [0.15, 0.2) is 6.61 Å². The summed E-state index contributed by atoms with van der Waals surface area (Å²) in [6, 6.07) is 8.97. The molecule has 2 aromatic carbocycles. The first kappa shape index (κ1) is 23.8. The van der Waals surface area contributed by atoms with Crippen molar-refractivity contribution < 1.29 is 27.7 Å². The molecule has 0 aliphatic heterocycles. The molecular formula is C19H22N4O7S. The lowest BCUT2D eigenvalue weighted by Crippen LogP contribution is -2.30. The third-order valence-corrected chi connectivity index (χ3v) is 6.34. The van der Waals surface area contributed by atoms with Gasteiger partial charge in [0.05, 0.1) is 15.4 Å². The summed E-state index contributed by atoms with van der Waals surface area (Å²) in [6.45, 7) is 3.50. The quantitative estimate of drug-likeness (QED) is 0.254. The summed E-state index contributed by atoms with van der Waals surface area (Å²) in [7, 11) is -3.62. The van der Waals surface area contributed by atoms with Crippen LogP contribution in [0.25, 0.3) is 0 Å². The van der Waals surface area contributed by atoms with Crippen LogP contribution in [-0.2, 0) is 19.6 Å². The summed E-state index contributed by atoms with van der Waals surface area (Å²) >= 11 is 0. The fourth-order valence-corrected chi connectivity index (χ4v) is 4.12. The third-order valence-electron chi connectivity index (χ3n) is 4.28. The van der Waals surface area contributed by atoms with Crippen LogP contribution in [0.5, 0.6) is 0 Å². The number of anilines is 2. The summed E-state index contributed by atoms with van der Waals surface area (Å²) in [5.41, 5.74) is 5.10. The zero-order chi connectivity index (χ0) is 23.2. The summed E-state index contributed by atoms with van der Waals surface area (Å²) < 4.78 is 31.1. The zero-order valence-corrected chi connectivity index (χ0v) is 17.7. The second-order valence-corrected chi connectivity index (χ2v) is 8.21. The third kappa shape index (κ3) is 5.77. The molecule has 0 heterocycles.